The number of hydrogen-bond acceptors (Lipinski definition) is 5. The first-order valence-electron chi connectivity index (χ1n) is 6.32. The number of carbonyl (C=O) groups excluding carboxylic acids is 3. The fraction of sp³-hybridized carbons (Fsp3) is 0.643. The van der Waals surface area contributed by atoms with Gasteiger partial charge in [-0.05, 0) is 25.2 Å². The SMILES string of the molecule is C=CCC(C(=O)OC)(C(=O)OC)C1CCCC(=O)C1. The number of esters is 2. The Balaban J connectivity index is 3.20. The summed E-state index contributed by atoms with van der Waals surface area (Å²) >= 11 is 0. The van der Waals surface area contributed by atoms with E-state index in [0.29, 0.717) is 19.3 Å². The molecule has 19 heavy (non-hydrogen) atoms. The predicted octanol–water partition coefficient (Wildman–Crippen LogP) is 1.65. The molecule has 0 saturated heterocycles. The summed E-state index contributed by atoms with van der Waals surface area (Å²) in [5.41, 5.74) is -1.44. The number of allylic oxidation sites excluding steroid dienone is 1. The molecular formula is C14H20O5. The summed E-state index contributed by atoms with van der Waals surface area (Å²) in [6.07, 6.45) is 3.62. The third-order valence-corrected chi connectivity index (χ3v) is 3.74. The minimum absolute atomic E-state index is 0.0671. The lowest BCUT2D eigenvalue weighted by atomic mass is 9.66. The van der Waals surface area contributed by atoms with Gasteiger partial charge in [0, 0.05) is 12.8 Å². The van der Waals surface area contributed by atoms with Crippen LogP contribution in [-0.2, 0) is 23.9 Å². The standard InChI is InChI=1S/C14H20O5/c1-4-8-14(12(16)18-2,13(17)19-3)10-6-5-7-11(15)9-10/h4,10H,1,5-9H2,2-3H3. The summed E-state index contributed by atoms with van der Waals surface area (Å²) in [6, 6.07) is 0. The molecule has 5 nitrogen and oxygen atoms in total. The highest BCUT2D eigenvalue weighted by Gasteiger charge is 2.54. The van der Waals surface area contributed by atoms with Crippen LogP contribution < -0.4 is 0 Å². The predicted molar refractivity (Wildman–Crippen MR) is 68.2 cm³/mol. The molecule has 0 aromatic rings. The Hall–Kier alpha value is -1.65. The number of hydrogen-bond donors (Lipinski definition) is 0. The van der Waals surface area contributed by atoms with Crippen LogP contribution in [0.5, 0.6) is 0 Å². The van der Waals surface area contributed by atoms with E-state index in [2.05, 4.69) is 6.58 Å². The normalized spacial score (nSPS) is 19.7. The Kier molecular flexibility index (Phi) is 5.27. The van der Waals surface area contributed by atoms with Gasteiger partial charge in [0.25, 0.3) is 0 Å². The molecule has 0 heterocycles. The zero-order valence-electron chi connectivity index (χ0n) is 11.4. The Morgan fingerprint density at radius 3 is 2.37 bits per heavy atom. The third-order valence-electron chi connectivity index (χ3n) is 3.74. The van der Waals surface area contributed by atoms with Crippen molar-refractivity contribution in [3.63, 3.8) is 0 Å². The highest BCUT2D eigenvalue weighted by atomic mass is 16.5. The van der Waals surface area contributed by atoms with Gasteiger partial charge in [0.15, 0.2) is 5.41 Å². The molecule has 1 fully saturated rings. The van der Waals surface area contributed by atoms with Crippen molar-refractivity contribution in [3.8, 4) is 0 Å². The molecule has 1 aliphatic carbocycles. The van der Waals surface area contributed by atoms with Crippen LogP contribution >= 0.6 is 0 Å². The summed E-state index contributed by atoms with van der Waals surface area (Å²) in [7, 11) is 2.46. The largest absolute Gasteiger partial charge is 0.468 e. The van der Waals surface area contributed by atoms with Gasteiger partial charge in [-0.15, -0.1) is 6.58 Å². The molecule has 106 valence electrons. The van der Waals surface area contributed by atoms with Gasteiger partial charge >= 0.3 is 11.9 Å². The van der Waals surface area contributed by atoms with Crippen molar-refractivity contribution in [1.29, 1.82) is 0 Å². The van der Waals surface area contributed by atoms with Crippen molar-refractivity contribution >= 4 is 17.7 Å². The fourth-order valence-corrected chi connectivity index (χ4v) is 2.79. The molecule has 0 aliphatic heterocycles. The van der Waals surface area contributed by atoms with Gasteiger partial charge in [-0.2, -0.15) is 0 Å². The highest BCUT2D eigenvalue weighted by Crippen LogP contribution is 2.42. The van der Waals surface area contributed by atoms with Crippen LogP contribution in [0.1, 0.15) is 32.1 Å². The lowest BCUT2D eigenvalue weighted by Gasteiger charge is -2.36. The zero-order valence-corrected chi connectivity index (χ0v) is 11.4. The molecule has 1 saturated carbocycles. The summed E-state index contributed by atoms with van der Waals surface area (Å²) in [5.74, 6) is -1.62. The molecule has 1 atom stereocenters. The van der Waals surface area contributed by atoms with E-state index >= 15 is 0 Å². The van der Waals surface area contributed by atoms with Crippen molar-refractivity contribution in [2.24, 2.45) is 11.3 Å². The van der Waals surface area contributed by atoms with Crippen LogP contribution in [0.4, 0.5) is 0 Å². The van der Waals surface area contributed by atoms with Crippen molar-refractivity contribution in [1.82, 2.24) is 0 Å². The first-order chi connectivity index (χ1) is 9.02. The number of methoxy groups -OCH3 is 2. The van der Waals surface area contributed by atoms with E-state index in [1.807, 2.05) is 0 Å². The van der Waals surface area contributed by atoms with Crippen LogP contribution in [0.2, 0.25) is 0 Å². The summed E-state index contributed by atoms with van der Waals surface area (Å²) < 4.78 is 9.56. The Morgan fingerprint density at radius 2 is 1.95 bits per heavy atom. The first kappa shape index (κ1) is 15.4. The Labute approximate surface area is 112 Å². The quantitative estimate of drug-likeness (QED) is 0.431. The van der Waals surface area contributed by atoms with Crippen LogP contribution in [0.25, 0.3) is 0 Å². The minimum Gasteiger partial charge on any atom is -0.468 e. The highest BCUT2D eigenvalue weighted by molar-refractivity contribution is 6.01. The second-order valence-corrected chi connectivity index (χ2v) is 4.78. The monoisotopic (exact) mass is 268 g/mol. The molecule has 0 bridgehead atoms. The third kappa shape index (κ3) is 2.85. The smallest absolute Gasteiger partial charge is 0.323 e. The van der Waals surface area contributed by atoms with Gasteiger partial charge in [0.2, 0.25) is 0 Å². The summed E-state index contributed by atoms with van der Waals surface area (Å²) in [5, 5.41) is 0. The molecule has 1 aliphatic rings. The van der Waals surface area contributed by atoms with Gasteiger partial charge in [0.05, 0.1) is 14.2 Å². The molecule has 1 rings (SSSR count). The summed E-state index contributed by atoms with van der Waals surface area (Å²) in [6.45, 7) is 3.59. The van der Waals surface area contributed by atoms with Crippen molar-refractivity contribution in [2.75, 3.05) is 14.2 Å². The van der Waals surface area contributed by atoms with E-state index in [1.54, 1.807) is 0 Å². The molecule has 0 spiro atoms. The molecule has 1 unspecified atom stereocenters. The topological polar surface area (TPSA) is 69.7 Å². The molecule has 0 N–H and O–H groups in total. The fourth-order valence-electron chi connectivity index (χ4n) is 2.79. The Bertz CT molecular complexity index is 369. The van der Waals surface area contributed by atoms with Gasteiger partial charge in [-0.1, -0.05) is 6.08 Å². The van der Waals surface area contributed by atoms with Gasteiger partial charge < -0.3 is 9.47 Å². The van der Waals surface area contributed by atoms with E-state index < -0.39 is 17.4 Å². The second kappa shape index (κ2) is 6.50. The molecule has 5 heteroatoms. The van der Waals surface area contributed by atoms with Crippen LogP contribution in [0, 0.1) is 11.3 Å². The first-order valence-corrected chi connectivity index (χ1v) is 6.32. The maximum Gasteiger partial charge on any atom is 0.323 e. The zero-order chi connectivity index (χ0) is 14.5. The van der Waals surface area contributed by atoms with E-state index in [9.17, 15) is 14.4 Å². The second-order valence-electron chi connectivity index (χ2n) is 4.78. The number of rotatable bonds is 5. The average molecular weight is 268 g/mol. The lowest BCUT2D eigenvalue weighted by Crippen LogP contribution is -2.48. The molecule has 0 aromatic heterocycles. The van der Waals surface area contributed by atoms with Gasteiger partial charge in [-0.3, -0.25) is 14.4 Å². The Morgan fingerprint density at radius 1 is 1.37 bits per heavy atom. The molecule has 0 aromatic carbocycles. The van der Waals surface area contributed by atoms with E-state index in [1.165, 1.54) is 20.3 Å². The molecule has 0 amide bonds. The number of Topliss-reactive ketones (excluding diaryl/α,β-unsaturated/α-hetero) is 1. The van der Waals surface area contributed by atoms with Gasteiger partial charge in [-0.25, -0.2) is 0 Å². The van der Waals surface area contributed by atoms with Crippen LogP contribution in [0.3, 0.4) is 0 Å². The molecule has 0 radical (unpaired) electrons. The van der Waals surface area contributed by atoms with E-state index in [4.69, 9.17) is 9.47 Å². The van der Waals surface area contributed by atoms with Crippen molar-refractivity contribution in [3.05, 3.63) is 12.7 Å². The minimum atomic E-state index is -1.44. The number of ether oxygens (including phenoxy) is 2. The number of ketones is 1. The average Bonchev–Trinajstić information content (AvgIpc) is 2.43. The van der Waals surface area contributed by atoms with Crippen LogP contribution in [0.15, 0.2) is 12.7 Å². The molecular weight excluding hydrogens is 248 g/mol. The van der Waals surface area contributed by atoms with Crippen molar-refractivity contribution < 1.29 is 23.9 Å². The van der Waals surface area contributed by atoms with E-state index in [-0.39, 0.29) is 24.5 Å². The maximum atomic E-state index is 12.1. The van der Waals surface area contributed by atoms with Crippen molar-refractivity contribution in [2.45, 2.75) is 32.1 Å². The lowest BCUT2D eigenvalue weighted by molar-refractivity contribution is -0.174. The summed E-state index contributed by atoms with van der Waals surface area (Å²) in [4.78, 5) is 35.9. The van der Waals surface area contributed by atoms with Gasteiger partial charge in [0.1, 0.15) is 5.78 Å². The maximum absolute atomic E-state index is 12.1. The van der Waals surface area contributed by atoms with Crippen LogP contribution in [-0.4, -0.2) is 31.9 Å². The van der Waals surface area contributed by atoms with E-state index in [0.717, 1.165) is 0 Å². The number of carbonyl (C=O) groups is 3.